The molecule has 0 fully saturated rings. The van der Waals surface area contributed by atoms with Crippen LogP contribution in [-0.2, 0) is 17.3 Å². The second-order valence-corrected chi connectivity index (χ2v) is 6.40. The molecule has 0 bridgehead atoms. The van der Waals surface area contributed by atoms with Crippen LogP contribution in [0.1, 0.15) is 17.5 Å². The Morgan fingerprint density at radius 1 is 1.10 bits per heavy atom. The van der Waals surface area contributed by atoms with Crippen molar-refractivity contribution in [2.45, 2.75) is 24.8 Å². The summed E-state index contributed by atoms with van der Waals surface area (Å²) in [6.45, 7) is 3.10. The summed E-state index contributed by atoms with van der Waals surface area (Å²) in [5.41, 5.74) is 7.71. The van der Waals surface area contributed by atoms with Crippen LogP contribution < -0.4 is 10.5 Å². The summed E-state index contributed by atoms with van der Waals surface area (Å²) < 4.78 is 17.8. The number of aryl methyl sites for hydroxylation is 1. The highest BCUT2D eigenvalue weighted by atomic mass is 32.2. The lowest BCUT2D eigenvalue weighted by molar-refractivity contribution is 0.318. The molecule has 0 aliphatic heterocycles. The normalized spacial score (nSPS) is 12.1. The highest BCUT2D eigenvalue weighted by Gasteiger charge is 2.06. The van der Waals surface area contributed by atoms with Crippen molar-refractivity contribution >= 4 is 10.8 Å². The fourth-order valence-corrected chi connectivity index (χ4v) is 3.28. The van der Waals surface area contributed by atoms with E-state index >= 15 is 0 Å². The minimum absolute atomic E-state index is 0.537. The number of nitrogens with two attached hydrogens (primary N) is 1. The van der Waals surface area contributed by atoms with Crippen LogP contribution in [0.25, 0.3) is 0 Å². The van der Waals surface area contributed by atoms with Gasteiger partial charge in [0.2, 0.25) is 0 Å². The highest BCUT2D eigenvalue weighted by Crippen LogP contribution is 2.14. The fraction of sp³-hybridized carbons (Fsp3) is 0.294. The van der Waals surface area contributed by atoms with Crippen molar-refractivity contribution in [2.75, 3.05) is 12.4 Å². The lowest BCUT2D eigenvalue weighted by Gasteiger charge is -2.08. The molecule has 0 amide bonds. The number of benzene rings is 2. The first kappa shape index (κ1) is 15.7. The van der Waals surface area contributed by atoms with Crippen molar-refractivity contribution in [3.63, 3.8) is 0 Å². The Balaban J connectivity index is 1.76. The SMILES string of the molecule is Cc1ccccc1S(=O)CCCOc1ccc(CN)cc1. The van der Waals surface area contributed by atoms with Crippen molar-refractivity contribution < 1.29 is 8.95 Å². The molecule has 2 aromatic rings. The van der Waals surface area contributed by atoms with Crippen LogP contribution >= 0.6 is 0 Å². The molecule has 0 saturated heterocycles. The molecule has 0 aliphatic rings. The summed E-state index contributed by atoms with van der Waals surface area (Å²) in [6.07, 6.45) is 0.763. The van der Waals surface area contributed by atoms with Crippen molar-refractivity contribution in [3.05, 3.63) is 59.7 Å². The molecule has 2 rings (SSSR count). The fourth-order valence-electron chi connectivity index (χ4n) is 2.02. The van der Waals surface area contributed by atoms with Gasteiger partial charge in [-0.25, -0.2) is 0 Å². The Hall–Kier alpha value is -1.65. The molecule has 112 valence electrons. The van der Waals surface area contributed by atoms with E-state index in [2.05, 4.69) is 0 Å². The maximum atomic E-state index is 12.2. The zero-order chi connectivity index (χ0) is 15.1. The van der Waals surface area contributed by atoms with Crippen molar-refractivity contribution in [1.29, 1.82) is 0 Å². The van der Waals surface area contributed by atoms with E-state index in [4.69, 9.17) is 10.5 Å². The van der Waals surface area contributed by atoms with Gasteiger partial charge in [-0.15, -0.1) is 0 Å². The lowest BCUT2D eigenvalue weighted by atomic mass is 10.2. The van der Waals surface area contributed by atoms with Crippen LogP contribution in [0.2, 0.25) is 0 Å². The number of hydrogen-bond acceptors (Lipinski definition) is 3. The predicted octanol–water partition coefficient (Wildman–Crippen LogP) is 3.03. The molecule has 0 saturated carbocycles. The molecular weight excluding hydrogens is 282 g/mol. The Morgan fingerprint density at radius 2 is 1.81 bits per heavy atom. The van der Waals surface area contributed by atoms with Crippen LogP contribution in [0.5, 0.6) is 5.75 Å². The second kappa shape index (κ2) is 7.96. The molecule has 2 N–H and O–H groups in total. The Morgan fingerprint density at radius 3 is 2.48 bits per heavy atom. The zero-order valence-electron chi connectivity index (χ0n) is 12.2. The van der Waals surface area contributed by atoms with E-state index in [9.17, 15) is 4.21 Å². The van der Waals surface area contributed by atoms with Gasteiger partial charge in [0, 0.05) is 17.2 Å². The van der Waals surface area contributed by atoms with Crippen LogP contribution in [0.4, 0.5) is 0 Å². The van der Waals surface area contributed by atoms with Crippen LogP contribution in [0.15, 0.2) is 53.4 Å². The summed E-state index contributed by atoms with van der Waals surface area (Å²) in [5, 5.41) is 0. The summed E-state index contributed by atoms with van der Waals surface area (Å²) in [6, 6.07) is 15.6. The van der Waals surface area contributed by atoms with Crippen LogP contribution in [0, 0.1) is 6.92 Å². The third-order valence-electron chi connectivity index (χ3n) is 3.24. The van der Waals surface area contributed by atoms with Crippen molar-refractivity contribution in [2.24, 2.45) is 5.73 Å². The monoisotopic (exact) mass is 303 g/mol. The molecule has 1 unspecified atom stereocenters. The Labute approximate surface area is 128 Å². The number of rotatable bonds is 7. The van der Waals surface area contributed by atoms with E-state index in [-0.39, 0.29) is 0 Å². The van der Waals surface area contributed by atoms with Crippen molar-refractivity contribution in [1.82, 2.24) is 0 Å². The first-order valence-corrected chi connectivity index (χ1v) is 8.38. The van der Waals surface area contributed by atoms with Gasteiger partial charge in [-0.05, 0) is 42.7 Å². The quantitative estimate of drug-likeness (QED) is 0.800. The van der Waals surface area contributed by atoms with E-state index in [1.807, 2.05) is 55.5 Å². The number of ether oxygens (including phenoxy) is 1. The molecule has 0 heterocycles. The minimum Gasteiger partial charge on any atom is -0.494 e. The van der Waals surface area contributed by atoms with Crippen LogP contribution in [0.3, 0.4) is 0 Å². The topological polar surface area (TPSA) is 52.3 Å². The molecule has 1 atom stereocenters. The predicted molar refractivity (Wildman–Crippen MR) is 86.9 cm³/mol. The molecule has 0 spiro atoms. The van der Waals surface area contributed by atoms with E-state index < -0.39 is 10.8 Å². The number of hydrogen-bond donors (Lipinski definition) is 1. The first-order valence-electron chi connectivity index (χ1n) is 7.06. The largest absolute Gasteiger partial charge is 0.494 e. The van der Waals surface area contributed by atoms with Gasteiger partial charge in [-0.2, -0.15) is 0 Å². The molecule has 0 aromatic heterocycles. The first-order chi connectivity index (χ1) is 10.2. The Bertz CT molecular complexity index is 596. The maximum absolute atomic E-state index is 12.2. The third-order valence-corrected chi connectivity index (χ3v) is 4.85. The van der Waals surface area contributed by atoms with Crippen molar-refractivity contribution in [3.8, 4) is 5.75 Å². The molecule has 4 heteroatoms. The summed E-state index contributed by atoms with van der Waals surface area (Å²) in [4.78, 5) is 0.921. The van der Waals surface area contributed by atoms with Gasteiger partial charge in [0.05, 0.1) is 17.4 Å². The molecule has 0 aliphatic carbocycles. The van der Waals surface area contributed by atoms with Gasteiger partial charge in [0.25, 0.3) is 0 Å². The average molecular weight is 303 g/mol. The summed E-state index contributed by atoms with van der Waals surface area (Å²) in [7, 11) is -0.954. The van der Waals surface area contributed by atoms with E-state index in [0.29, 0.717) is 18.9 Å². The van der Waals surface area contributed by atoms with Gasteiger partial charge in [-0.1, -0.05) is 30.3 Å². The molecule has 0 radical (unpaired) electrons. The third kappa shape index (κ3) is 4.69. The maximum Gasteiger partial charge on any atom is 0.119 e. The lowest BCUT2D eigenvalue weighted by Crippen LogP contribution is -2.06. The van der Waals surface area contributed by atoms with Gasteiger partial charge in [-0.3, -0.25) is 4.21 Å². The van der Waals surface area contributed by atoms with Gasteiger partial charge in [0.1, 0.15) is 5.75 Å². The summed E-state index contributed by atoms with van der Waals surface area (Å²) in [5.74, 6) is 1.44. The van der Waals surface area contributed by atoms with E-state index in [1.165, 1.54) is 0 Å². The summed E-state index contributed by atoms with van der Waals surface area (Å²) >= 11 is 0. The van der Waals surface area contributed by atoms with Gasteiger partial charge in [0.15, 0.2) is 0 Å². The van der Waals surface area contributed by atoms with Gasteiger partial charge < -0.3 is 10.5 Å². The van der Waals surface area contributed by atoms with Crippen LogP contribution in [-0.4, -0.2) is 16.6 Å². The molecular formula is C17H21NO2S. The smallest absolute Gasteiger partial charge is 0.119 e. The zero-order valence-corrected chi connectivity index (χ0v) is 13.1. The van der Waals surface area contributed by atoms with Gasteiger partial charge >= 0.3 is 0 Å². The highest BCUT2D eigenvalue weighted by molar-refractivity contribution is 7.85. The van der Waals surface area contributed by atoms with E-state index in [1.54, 1.807) is 0 Å². The average Bonchev–Trinajstić information content (AvgIpc) is 2.52. The van der Waals surface area contributed by atoms with E-state index in [0.717, 1.165) is 28.2 Å². The second-order valence-electron chi connectivity index (χ2n) is 4.87. The minimum atomic E-state index is -0.954. The molecule has 2 aromatic carbocycles. The molecule has 3 nitrogen and oxygen atoms in total. The molecule has 21 heavy (non-hydrogen) atoms. The Kier molecular flexibility index (Phi) is 5.96. The standard InChI is InChI=1S/C17H21NO2S/c1-14-5-2-3-6-17(14)21(19)12-4-11-20-16-9-7-15(13-18)8-10-16/h2-3,5-10H,4,11-13,18H2,1H3.